The van der Waals surface area contributed by atoms with Gasteiger partial charge in [0.1, 0.15) is 10.3 Å². The van der Waals surface area contributed by atoms with Gasteiger partial charge >= 0.3 is 5.69 Å². The molecular formula is C21H18N6O2S. The first-order valence-electron chi connectivity index (χ1n) is 9.28. The van der Waals surface area contributed by atoms with E-state index in [9.17, 15) is 9.59 Å². The highest BCUT2D eigenvalue weighted by Gasteiger charge is 2.20. The van der Waals surface area contributed by atoms with E-state index in [0.717, 1.165) is 22.0 Å². The number of aromatic nitrogens is 4. The standard InChI is InChI=1S/C21H18N6O2S/c1-26(2)21-25-16-11-17(30-19(16)27(21)13-6-4-3-5-7-13)18(28)22-12-8-9-14-15(10-12)24-20(29)23-14/h3-11H,1-2H3,(H,22,28)(H2,23,24,29). The number of hydrogen-bond donors (Lipinski definition) is 3. The summed E-state index contributed by atoms with van der Waals surface area (Å²) in [4.78, 5) is 37.8. The van der Waals surface area contributed by atoms with E-state index in [1.54, 1.807) is 24.3 Å². The molecule has 30 heavy (non-hydrogen) atoms. The zero-order chi connectivity index (χ0) is 20.8. The summed E-state index contributed by atoms with van der Waals surface area (Å²) in [5.41, 5.74) is 3.41. The normalized spacial score (nSPS) is 11.3. The molecule has 3 heterocycles. The van der Waals surface area contributed by atoms with Crippen molar-refractivity contribution in [1.82, 2.24) is 19.5 Å². The second-order valence-electron chi connectivity index (χ2n) is 7.07. The number of fused-ring (bicyclic) bond motifs is 2. The number of hydrogen-bond acceptors (Lipinski definition) is 5. The maximum atomic E-state index is 12.9. The second-order valence-corrected chi connectivity index (χ2v) is 8.10. The van der Waals surface area contributed by atoms with Gasteiger partial charge in [-0.3, -0.25) is 9.36 Å². The van der Waals surface area contributed by atoms with Gasteiger partial charge in [-0.15, -0.1) is 11.3 Å². The van der Waals surface area contributed by atoms with Crippen molar-refractivity contribution in [2.75, 3.05) is 24.3 Å². The summed E-state index contributed by atoms with van der Waals surface area (Å²) in [5.74, 6) is 0.581. The van der Waals surface area contributed by atoms with E-state index in [0.29, 0.717) is 21.6 Å². The van der Waals surface area contributed by atoms with Crippen molar-refractivity contribution >= 4 is 50.3 Å². The van der Waals surface area contributed by atoms with Crippen LogP contribution in [-0.4, -0.2) is 39.5 Å². The number of H-pyrrole nitrogens is 2. The molecule has 8 nitrogen and oxygen atoms in total. The summed E-state index contributed by atoms with van der Waals surface area (Å²) in [5, 5.41) is 2.90. The highest BCUT2D eigenvalue weighted by molar-refractivity contribution is 7.20. The summed E-state index contributed by atoms with van der Waals surface area (Å²) in [6, 6.07) is 17.0. The van der Waals surface area contributed by atoms with Crippen LogP contribution in [0.5, 0.6) is 0 Å². The average molecular weight is 418 g/mol. The van der Waals surface area contributed by atoms with Crippen LogP contribution < -0.4 is 15.9 Å². The molecule has 0 radical (unpaired) electrons. The summed E-state index contributed by atoms with van der Waals surface area (Å²) >= 11 is 1.39. The summed E-state index contributed by atoms with van der Waals surface area (Å²) < 4.78 is 2.05. The molecule has 0 aliphatic heterocycles. The number of anilines is 2. The number of para-hydroxylation sites is 1. The van der Waals surface area contributed by atoms with Gasteiger partial charge in [-0.25, -0.2) is 9.78 Å². The quantitative estimate of drug-likeness (QED) is 0.415. The Hall–Kier alpha value is -3.85. The maximum absolute atomic E-state index is 12.9. The molecule has 5 rings (SSSR count). The van der Waals surface area contributed by atoms with Gasteiger partial charge in [-0.2, -0.15) is 0 Å². The molecule has 3 N–H and O–H groups in total. The molecule has 0 bridgehead atoms. The molecule has 0 saturated heterocycles. The minimum Gasteiger partial charge on any atom is -0.348 e. The molecule has 0 spiro atoms. The molecular weight excluding hydrogens is 400 g/mol. The predicted molar refractivity (Wildman–Crippen MR) is 120 cm³/mol. The van der Waals surface area contributed by atoms with Crippen LogP contribution in [0.2, 0.25) is 0 Å². The average Bonchev–Trinajstić information content (AvgIpc) is 3.39. The van der Waals surface area contributed by atoms with E-state index in [-0.39, 0.29) is 11.6 Å². The van der Waals surface area contributed by atoms with Gasteiger partial charge in [0.25, 0.3) is 5.91 Å². The zero-order valence-electron chi connectivity index (χ0n) is 16.3. The van der Waals surface area contributed by atoms with E-state index in [2.05, 4.69) is 15.3 Å². The zero-order valence-corrected chi connectivity index (χ0v) is 17.1. The third-order valence-electron chi connectivity index (χ3n) is 4.73. The third-order valence-corrected chi connectivity index (χ3v) is 5.84. The molecule has 0 unspecified atom stereocenters. The van der Waals surface area contributed by atoms with Crippen molar-refractivity contribution in [1.29, 1.82) is 0 Å². The maximum Gasteiger partial charge on any atom is 0.323 e. The Labute approximate surface area is 174 Å². The molecule has 0 saturated carbocycles. The minimum atomic E-state index is -0.279. The van der Waals surface area contributed by atoms with Crippen molar-refractivity contribution in [2.24, 2.45) is 0 Å². The number of carbonyl (C=O) groups excluding carboxylic acids is 1. The monoisotopic (exact) mass is 418 g/mol. The molecule has 1 amide bonds. The van der Waals surface area contributed by atoms with Gasteiger partial charge in [0.15, 0.2) is 0 Å². The predicted octanol–water partition coefficient (Wildman–Crippen LogP) is 3.57. The van der Waals surface area contributed by atoms with Gasteiger partial charge in [0, 0.05) is 25.5 Å². The number of thiophene rings is 1. The molecule has 150 valence electrons. The number of nitrogens with one attached hydrogen (secondary N) is 3. The SMILES string of the molecule is CN(C)c1nc2cc(C(=O)Nc3ccc4[nH]c(=O)[nH]c4c3)sc2n1-c1ccccc1. The van der Waals surface area contributed by atoms with Crippen molar-refractivity contribution in [3.05, 3.63) is 70.0 Å². The van der Waals surface area contributed by atoms with E-state index >= 15 is 0 Å². The fourth-order valence-electron chi connectivity index (χ4n) is 3.39. The number of imidazole rings is 2. The van der Waals surface area contributed by atoms with Crippen LogP contribution in [0.25, 0.3) is 27.1 Å². The second kappa shape index (κ2) is 6.89. The van der Waals surface area contributed by atoms with Crippen LogP contribution in [0.4, 0.5) is 11.6 Å². The molecule has 2 aromatic carbocycles. The smallest absolute Gasteiger partial charge is 0.323 e. The van der Waals surface area contributed by atoms with Gasteiger partial charge in [0.2, 0.25) is 5.95 Å². The number of rotatable bonds is 4. The van der Waals surface area contributed by atoms with Gasteiger partial charge < -0.3 is 20.2 Å². The van der Waals surface area contributed by atoms with E-state index in [4.69, 9.17) is 4.98 Å². The Kier molecular flexibility index (Phi) is 4.18. The van der Waals surface area contributed by atoms with Crippen molar-refractivity contribution < 1.29 is 4.79 Å². The number of aromatic amines is 2. The Morgan fingerprint density at radius 1 is 1.07 bits per heavy atom. The fraction of sp³-hybridized carbons (Fsp3) is 0.0952. The first-order valence-corrected chi connectivity index (χ1v) is 10.1. The molecule has 0 aliphatic carbocycles. The molecule has 3 aromatic heterocycles. The van der Waals surface area contributed by atoms with Crippen molar-refractivity contribution in [3.63, 3.8) is 0 Å². The fourth-order valence-corrected chi connectivity index (χ4v) is 4.40. The highest BCUT2D eigenvalue weighted by atomic mass is 32.1. The molecule has 0 fully saturated rings. The van der Waals surface area contributed by atoms with E-state index < -0.39 is 0 Å². The Bertz CT molecular complexity index is 1440. The van der Waals surface area contributed by atoms with Gasteiger partial charge in [-0.05, 0) is 36.4 Å². The Morgan fingerprint density at radius 3 is 2.60 bits per heavy atom. The van der Waals surface area contributed by atoms with Crippen LogP contribution >= 0.6 is 11.3 Å². The van der Waals surface area contributed by atoms with Gasteiger partial charge in [-0.1, -0.05) is 18.2 Å². The molecule has 0 aliphatic rings. The number of benzene rings is 2. The molecule has 0 atom stereocenters. The number of carbonyl (C=O) groups is 1. The lowest BCUT2D eigenvalue weighted by Crippen LogP contribution is -2.14. The van der Waals surface area contributed by atoms with Crippen LogP contribution in [0.3, 0.4) is 0 Å². The van der Waals surface area contributed by atoms with Crippen LogP contribution in [0, 0.1) is 0 Å². The topological polar surface area (TPSA) is 98.8 Å². The van der Waals surface area contributed by atoms with Crippen LogP contribution in [0.15, 0.2) is 59.4 Å². The lowest BCUT2D eigenvalue weighted by atomic mass is 10.2. The lowest BCUT2D eigenvalue weighted by molar-refractivity contribution is 0.103. The Balaban J connectivity index is 1.52. The lowest BCUT2D eigenvalue weighted by Gasteiger charge is -2.14. The third kappa shape index (κ3) is 3.05. The van der Waals surface area contributed by atoms with E-state index in [1.165, 1.54) is 11.3 Å². The number of amides is 1. The molecule has 9 heteroatoms. The van der Waals surface area contributed by atoms with Gasteiger partial charge in [0.05, 0.1) is 15.9 Å². The molecule has 5 aromatic rings. The summed E-state index contributed by atoms with van der Waals surface area (Å²) in [6.45, 7) is 0. The van der Waals surface area contributed by atoms with Crippen LogP contribution in [-0.2, 0) is 0 Å². The van der Waals surface area contributed by atoms with Crippen LogP contribution in [0.1, 0.15) is 9.67 Å². The highest BCUT2D eigenvalue weighted by Crippen LogP contribution is 2.33. The summed E-state index contributed by atoms with van der Waals surface area (Å²) in [6.07, 6.45) is 0. The first-order chi connectivity index (χ1) is 14.5. The number of nitrogens with zero attached hydrogens (tertiary/aromatic N) is 3. The largest absolute Gasteiger partial charge is 0.348 e. The van der Waals surface area contributed by atoms with Crippen molar-refractivity contribution in [2.45, 2.75) is 0 Å². The van der Waals surface area contributed by atoms with E-state index in [1.807, 2.05) is 53.9 Å². The van der Waals surface area contributed by atoms with Crippen molar-refractivity contribution in [3.8, 4) is 5.69 Å². The summed E-state index contributed by atoms with van der Waals surface area (Å²) in [7, 11) is 3.89. The minimum absolute atomic E-state index is 0.221. The Morgan fingerprint density at radius 2 is 1.83 bits per heavy atom. The first kappa shape index (κ1) is 18.2.